The van der Waals surface area contributed by atoms with Crippen molar-refractivity contribution in [3.63, 3.8) is 0 Å². The van der Waals surface area contributed by atoms with Crippen molar-refractivity contribution in [2.75, 3.05) is 6.54 Å². The molecule has 0 bridgehead atoms. The van der Waals surface area contributed by atoms with Crippen molar-refractivity contribution in [2.45, 2.75) is 26.3 Å². The number of aryl methyl sites for hydroxylation is 1. The van der Waals surface area contributed by atoms with Gasteiger partial charge in [-0.1, -0.05) is 38.1 Å². The largest absolute Gasteiger partial charge is 0.305 e. The highest BCUT2D eigenvalue weighted by Crippen LogP contribution is 2.26. The third kappa shape index (κ3) is 2.73. The van der Waals surface area contributed by atoms with E-state index in [0.29, 0.717) is 0 Å². The Morgan fingerprint density at radius 1 is 1.29 bits per heavy atom. The number of aromatic nitrogens is 1. The molecule has 2 rings (SSSR count). The molecule has 1 atom stereocenters. The van der Waals surface area contributed by atoms with Gasteiger partial charge in [0.2, 0.25) is 0 Å². The monoisotopic (exact) mass is 246 g/mol. The normalized spacial score (nSPS) is 12.6. The Labute approximate surface area is 107 Å². The molecule has 0 saturated heterocycles. The average Bonchev–Trinajstić information content (AvgIpc) is 2.89. The Balaban J connectivity index is 2.39. The van der Waals surface area contributed by atoms with Gasteiger partial charge in [-0.3, -0.25) is 0 Å². The fourth-order valence-electron chi connectivity index (χ4n) is 2.05. The lowest BCUT2D eigenvalue weighted by Crippen LogP contribution is -2.22. The third-order valence-corrected chi connectivity index (χ3v) is 3.69. The molecule has 17 heavy (non-hydrogen) atoms. The van der Waals surface area contributed by atoms with E-state index < -0.39 is 0 Å². The van der Waals surface area contributed by atoms with Gasteiger partial charge in [-0.15, -0.1) is 11.3 Å². The Bertz CT molecular complexity index is 451. The Morgan fingerprint density at radius 3 is 2.76 bits per heavy atom. The number of nitrogens with one attached hydrogen (secondary N) is 1. The lowest BCUT2D eigenvalue weighted by atomic mass is 9.99. The van der Waals surface area contributed by atoms with Crippen LogP contribution in [0.3, 0.4) is 0 Å². The average molecular weight is 246 g/mol. The maximum Gasteiger partial charge on any atom is 0.114 e. The smallest absolute Gasteiger partial charge is 0.114 e. The van der Waals surface area contributed by atoms with Crippen LogP contribution in [-0.4, -0.2) is 11.5 Å². The fraction of sp³-hybridized carbons (Fsp3) is 0.357. The summed E-state index contributed by atoms with van der Waals surface area (Å²) in [5.74, 6) is 0. The van der Waals surface area contributed by atoms with E-state index in [4.69, 9.17) is 0 Å². The molecule has 0 aliphatic heterocycles. The van der Waals surface area contributed by atoms with Gasteiger partial charge in [-0.05, 0) is 24.1 Å². The van der Waals surface area contributed by atoms with Gasteiger partial charge in [0.05, 0.1) is 6.04 Å². The third-order valence-electron chi connectivity index (χ3n) is 2.85. The number of rotatable bonds is 5. The summed E-state index contributed by atoms with van der Waals surface area (Å²) in [7, 11) is 0. The molecule has 3 heteroatoms. The van der Waals surface area contributed by atoms with E-state index in [2.05, 4.69) is 48.4 Å². The molecule has 2 nitrogen and oxygen atoms in total. The van der Waals surface area contributed by atoms with Crippen LogP contribution in [0.2, 0.25) is 0 Å². The molecular weight excluding hydrogens is 228 g/mol. The quantitative estimate of drug-likeness (QED) is 0.874. The van der Waals surface area contributed by atoms with Crippen LogP contribution in [0, 0.1) is 0 Å². The van der Waals surface area contributed by atoms with Crippen LogP contribution < -0.4 is 5.32 Å². The molecule has 0 fully saturated rings. The van der Waals surface area contributed by atoms with Crippen LogP contribution in [0.5, 0.6) is 0 Å². The minimum atomic E-state index is 0.233. The summed E-state index contributed by atoms with van der Waals surface area (Å²) in [6.07, 6.45) is 2.93. The highest BCUT2D eigenvalue weighted by molar-refractivity contribution is 7.09. The van der Waals surface area contributed by atoms with Gasteiger partial charge < -0.3 is 5.32 Å². The van der Waals surface area contributed by atoms with Gasteiger partial charge >= 0.3 is 0 Å². The summed E-state index contributed by atoms with van der Waals surface area (Å²) in [6, 6.07) is 8.84. The Morgan fingerprint density at radius 2 is 2.12 bits per heavy atom. The lowest BCUT2D eigenvalue weighted by molar-refractivity contribution is 0.622. The summed E-state index contributed by atoms with van der Waals surface area (Å²) in [6.45, 7) is 5.28. The first-order valence-corrected chi connectivity index (χ1v) is 6.95. The van der Waals surface area contributed by atoms with Crippen LogP contribution in [-0.2, 0) is 6.42 Å². The van der Waals surface area contributed by atoms with E-state index in [0.717, 1.165) is 18.0 Å². The Hall–Kier alpha value is -1.19. The molecule has 1 heterocycles. The summed E-state index contributed by atoms with van der Waals surface area (Å²) in [5.41, 5.74) is 2.75. The molecule has 0 spiro atoms. The minimum Gasteiger partial charge on any atom is -0.305 e. The Kier molecular flexibility index (Phi) is 4.29. The molecule has 0 saturated carbocycles. The van der Waals surface area contributed by atoms with Crippen molar-refractivity contribution < 1.29 is 0 Å². The van der Waals surface area contributed by atoms with E-state index >= 15 is 0 Å². The zero-order valence-corrected chi connectivity index (χ0v) is 11.1. The zero-order chi connectivity index (χ0) is 12.1. The van der Waals surface area contributed by atoms with Crippen molar-refractivity contribution in [3.8, 4) is 0 Å². The standard InChI is InChI=1S/C14H18N2S/c1-3-11-7-5-6-8-12(11)13(15-4-2)14-16-9-10-17-14/h5-10,13,15H,3-4H2,1-2H3. The molecule has 0 amide bonds. The van der Waals surface area contributed by atoms with Crippen molar-refractivity contribution in [1.29, 1.82) is 0 Å². The number of benzene rings is 1. The maximum absolute atomic E-state index is 4.44. The number of nitrogens with zero attached hydrogens (tertiary/aromatic N) is 1. The first-order valence-electron chi connectivity index (χ1n) is 6.07. The first-order chi connectivity index (χ1) is 8.36. The number of hydrogen-bond acceptors (Lipinski definition) is 3. The molecule has 1 N–H and O–H groups in total. The molecule has 0 radical (unpaired) electrons. The second-order valence-electron chi connectivity index (χ2n) is 3.91. The van der Waals surface area contributed by atoms with E-state index in [9.17, 15) is 0 Å². The van der Waals surface area contributed by atoms with E-state index in [1.165, 1.54) is 11.1 Å². The van der Waals surface area contributed by atoms with Crippen LogP contribution in [0.1, 0.15) is 36.0 Å². The SMILES string of the molecule is CCNC(c1nccs1)c1ccccc1CC. The number of hydrogen-bond donors (Lipinski definition) is 1. The molecule has 1 aromatic heterocycles. The minimum absolute atomic E-state index is 0.233. The van der Waals surface area contributed by atoms with E-state index in [1.807, 2.05) is 11.6 Å². The lowest BCUT2D eigenvalue weighted by Gasteiger charge is -2.18. The van der Waals surface area contributed by atoms with Crippen molar-refractivity contribution >= 4 is 11.3 Å². The second kappa shape index (κ2) is 5.94. The van der Waals surface area contributed by atoms with Gasteiger partial charge in [-0.2, -0.15) is 0 Å². The van der Waals surface area contributed by atoms with Gasteiger partial charge in [-0.25, -0.2) is 4.98 Å². The van der Waals surface area contributed by atoms with Gasteiger partial charge in [0.1, 0.15) is 5.01 Å². The molecule has 2 aromatic rings. The highest BCUT2D eigenvalue weighted by Gasteiger charge is 2.17. The van der Waals surface area contributed by atoms with Crippen LogP contribution in [0.15, 0.2) is 35.8 Å². The molecule has 90 valence electrons. The number of thiazole rings is 1. The zero-order valence-electron chi connectivity index (χ0n) is 10.3. The van der Waals surface area contributed by atoms with Crippen molar-refractivity contribution in [1.82, 2.24) is 10.3 Å². The summed E-state index contributed by atoms with van der Waals surface area (Å²) in [4.78, 5) is 4.44. The highest BCUT2D eigenvalue weighted by atomic mass is 32.1. The summed E-state index contributed by atoms with van der Waals surface area (Å²) < 4.78 is 0. The molecule has 1 aromatic carbocycles. The van der Waals surface area contributed by atoms with Crippen molar-refractivity contribution in [2.24, 2.45) is 0 Å². The summed E-state index contributed by atoms with van der Waals surface area (Å²) >= 11 is 1.71. The molecule has 1 unspecified atom stereocenters. The second-order valence-corrected chi connectivity index (χ2v) is 4.84. The van der Waals surface area contributed by atoms with Gasteiger partial charge in [0.25, 0.3) is 0 Å². The van der Waals surface area contributed by atoms with Crippen LogP contribution >= 0.6 is 11.3 Å². The van der Waals surface area contributed by atoms with Gasteiger partial charge in [0.15, 0.2) is 0 Å². The van der Waals surface area contributed by atoms with Crippen LogP contribution in [0.25, 0.3) is 0 Å². The van der Waals surface area contributed by atoms with Crippen LogP contribution in [0.4, 0.5) is 0 Å². The van der Waals surface area contributed by atoms with Crippen molar-refractivity contribution in [3.05, 3.63) is 52.0 Å². The predicted molar refractivity (Wildman–Crippen MR) is 73.5 cm³/mol. The molecular formula is C14H18N2S. The molecule has 0 aliphatic carbocycles. The molecule has 0 aliphatic rings. The maximum atomic E-state index is 4.44. The summed E-state index contributed by atoms with van der Waals surface area (Å²) in [5, 5.41) is 6.71. The van der Waals surface area contributed by atoms with Gasteiger partial charge in [0, 0.05) is 11.6 Å². The predicted octanol–water partition coefficient (Wildman–Crippen LogP) is 3.40. The van der Waals surface area contributed by atoms with E-state index in [1.54, 1.807) is 11.3 Å². The van der Waals surface area contributed by atoms with E-state index in [-0.39, 0.29) is 6.04 Å². The topological polar surface area (TPSA) is 24.9 Å². The fourth-order valence-corrected chi connectivity index (χ4v) is 2.78. The first kappa shape index (κ1) is 12.3.